The highest BCUT2D eigenvalue weighted by Crippen LogP contribution is 2.24. The molecule has 1 aromatic carbocycles. The van der Waals surface area contributed by atoms with Gasteiger partial charge in [-0.3, -0.25) is 0 Å². The van der Waals surface area contributed by atoms with Crippen LogP contribution in [0.25, 0.3) is 10.9 Å². The van der Waals surface area contributed by atoms with Crippen LogP contribution in [-0.2, 0) is 10.0 Å². The predicted molar refractivity (Wildman–Crippen MR) is 76.7 cm³/mol. The maximum atomic E-state index is 12.2. The minimum absolute atomic E-state index is 0.00792. The molecule has 2 rings (SSSR count). The van der Waals surface area contributed by atoms with Crippen molar-refractivity contribution in [1.29, 1.82) is 0 Å². The second-order valence-corrected chi connectivity index (χ2v) is 5.97. The van der Waals surface area contributed by atoms with E-state index in [1.54, 1.807) is 18.2 Å². The lowest BCUT2D eigenvalue weighted by Gasteiger charge is -2.07. The molecular weight excluding hydrogens is 280 g/mol. The van der Waals surface area contributed by atoms with Crippen molar-refractivity contribution in [3.8, 4) is 0 Å². The van der Waals surface area contributed by atoms with Gasteiger partial charge in [0.15, 0.2) is 0 Å². The summed E-state index contributed by atoms with van der Waals surface area (Å²) in [5.74, 6) is 0. The van der Waals surface area contributed by atoms with Gasteiger partial charge in [0.2, 0.25) is 0 Å². The van der Waals surface area contributed by atoms with E-state index in [4.69, 9.17) is 5.73 Å². The Morgan fingerprint density at radius 1 is 1.40 bits per heavy atom. The zero-order chi connectivity index (χ0) is 14.8. The fourth-order valence-electron chi connectivity index (χ4n) is 1.79. The van der Waals surface area contributed by atoms with E-state index >= 15 is 0 Å². The van der Waals surface area contributed by atoms with E-state index < -0.39 is 16.1 Å². The molecule has 1 aromatic heterocycles. The summed E-state index contributed by atoms with van der Waals surface area (Å²) < 4.78 is 26.3. The Labute approximate surface area is 116 Å². The van der Waals surface area contributed by atoms with Crippen molar-refractivity contribution in [3.05, 3.63) is 24.4 Å². The Hall–Kier alpha value is -2.22. The van der Waals surface area contributed by atoms with Crippen LogP contribution < -0.4 is 15.8 Å². The number of fused-ring (bicyclic) bond motifs is 1. The molecule has 0 spiro atoms. The molecule has 0 saturated carbocycles. The van der Waals surface area contributed by atoms with E-state index in [-0.39, 0.29) is 4.90 Å². The fraction of sp³-hybridized carbons (Fsp3) is 0.250. The van der Waals surface area contributed by atoms with Gasteiger partial charge in [0.25, 0.3) is 10.0 Å². The zero-order valence-electron chi connectivity index (χ0n) is 10.9. The van der Waals surface area contributed by atoms with Gasteiger partial charge in [-0.05, 0) is 24.6 Å². The number of aromatic amines is 1. The normalized spacial score (nSPS) is 11.4. The number of carbonyl (C=O) groups excluding carboxylic acids is 1. The van der Waals surface area contributed by atoms with Gasteiger partial charge in [0.05, 0.1) is 0 Å². The third-order valence-corrected chi connectivity index (χ3v) is 4.09. The Morgan fingerprint density at radius 2 is 2.15 bits per heavy atom. The number of rotatable bonds is 4. The van der Waals surface area contributed by atoms with E-state index in [1.165, 1.54) is 6.20 Å². The van der Waals surface area contributed by atoms with Crippen LogP contribution in [0.2, 0.25) is 0 Å². The van der Waals surface area contributed by atoms with Crippen molar-refractivity contribution in [2.24, 2.45) is 0 Å². The predicted octanol–water partition coefficient (Wildman–Crippen LogP) is 1.15. The van der Waals surface area contributed by atoms with Gasteiger partial charge in [-0.25, -0.2) is 17.9 Å². The maximum Gasteiger partial charge on any atom is 0.328 e. The number of nitrogens with two attached hydrogens (primary N) is 1. The van der Waals surface area contributed by atoms with E-state index in [2.05, 4.69) is 10.3 Å². The third-order valence-electron chi connectivity index (χ3n) is 2.72. The van der Waals surface area contributed by atoms with Gasteiger partial charge < -0.3 is 16.0 Å². The molecule has 0 fully saturated rings. The standard InChI is InChI=1S/C12H16N4O3S/c1-2-5-14-12(17)16-20(18,19)11-7-15-10-4-3-8(13)6-9(10)11/h3-4,6-7,15H,2,5,13H2,1H3,(H2,14,16,17). The van der Waals surface area contributed by atoms with Gasteiger partial charge >= 0.3 is 6.03 Å². The number of hydrogen-bond donors (Lipinski definition) is 4. The van der Waals surface area contributed by atoms with Gasteiger partial charge in [-0.2, -0.15) is 0 Å². The number of aromatic nitrogens is 1. The van der Waals surface area contributed by atoms with Crippen LogP contribution in [0.4, 0.5) is 10.5 Å². The van der Waals surface area contributed by atoms with Gasteiger partial charge in [0.1, 0.15) is 4.90 Å². The molecule has 5 N–H and O–H groups in total. The van der Waals surface area contributed by atoms with Crippen LogP contribution in [-0.4, -0.2) is 26.0 Å². The minimum Gasteiger partial charge on any atom is -0.399 e. The molecule has 2 amide bonds. The monoisotopic (exact) mass is 296 g/mol. The largest absolute Gasteiger partial charge is 0.399 e. The SMILES string of the molecule is CCCNC(=O)NS(=O)(=O)c1c[nH]c2ccc(N)cc12. The van der Waals surface area contributed by atoms with Crippen LogP contribution in [0, 0.1) is 0 Å². The molecule has 0 aliphatic heterocycles. The summed E-state index contributed by atoms with van der Waals surface area (Å²) in [7, 11) is -3.94. The molecule has 0 radical (unpaired) electrons. The van der Waals surface area contributed by atoms with E-state index in [1.807, 2.05) is 11.6 Å². The van der Waals surface area contributed by atoms with Crippen molar-refractivity contribution in [3.63, 3.8) is 0 Å². The maximum absolute atomic E-state index is 12.2. The molecule has 1 heterocycles. The first-order chi connectivity index (χ1) is 9.44. The molecule has 20 heavy (non-hydrogen) atoms. The number of nitrogens with one attached hydrogen (secondary N) is 3. The molecule has 7 nitrogen and oxygen atoms in total. The highest BCUT2D eigenvalue weighted by molar-refractivity contribution is 7.90. The number of urea groups is 1. The van der Waals surface area contributed by atoms with E-state index in [0.29, 0.717) is 23.1 Å². The smallest absolute Gasteiger partial charge is 0.328 e. The van der Waals surface area contributed by atoms with Crippen LogP contribution in [0.1, 0.15) is 13.3 Å². The number of amides is 2. The topological polar surface area (TPSA) is 117 Å². The first kappa shape index (κ1) is 14.2. The van der Waals surface area contributed by atoms with Crippen LogP contribution in [0.5, 0.6) is 0 Å². The quantitative estimate of drug-likeness (QED) is 0.633. The van der Waals surface area contributed by atoms with Crippen LogP contribution >= 0.6 is 0 Å². The van der Waals surface area contributed by atoms with Crippen molar-refractivity contribution >= 4 is 32.6 Å². The van der Waals surface area contributed by atoms with E-state index in [0.717, 1.165) is 6.42 Å². The van der Waals surface area contributed by atoms with Crippen molar-refractivity contribution < 1.29 is 13.2 Å². The number of H-pyrrole nitrogens is 1. The van der Waals surface area contributed by atoms with Crippen LogP contribution in [0.15, 0.2) is 29.3 Å². The van der Waals surface area contributed by atoms with Gasteiger partial charge in [-0.15, -0.1) is 0 Å². The Kier molecular flexibility index (Phi) is 3.84. The molecule has 0 saturated heterocycles. The first-order valence-corrected chi connectivity index (χ1v) is 7.59. The zero-order valence-corrected chi connectivity index (χ0v) is 11.8. The number of anilines is 1. The molecule has 108 valence electrons. The highest BCUT2D eigenvalue weighted by atomic mass is 32.2. The summed E-state index contributed by atoms with van der Waals surface area (Å²) in [4.78, 5) is 14.3. The third kappa shape index (κ3) is 2.85. The number of sulfonamides is 1. The van der Waals surface area contributed by atoms with E-state index in [9.17, 15) is 13.2 Å². The Morgan fingerprint density at radius 3 is 2.85 bits per heavy atom. The molecule has 0 aliphatic rings. The number of nitrogen functional groups attached to an aromatic ring is 1. The second-order valence-electron chi connectivity index (χ2n) is 4.32. The molecule has 2 aromatic rings. The van der Waals surface area contributed by atoms with Crippen molar-refractivity contribution in [1.82, 2.24) is 15.0 Å². The average Bonchev–Trinajstić information content (AvgIpc) is 2.79. The average molecular weight is 296 g/mol. The lowest BCUT2D eigenvalue weighted by molar-refractivity contribution is 0.246. The molecule has 8 heteroatoms. The Bertz CT molecular complexity index is 736. The summed E-state index contributed by atoms with van der Waals surface area (Å²) in [6.07, 6.45) is 2.05. The number of carbonyl (C=O) groups is 1. The molecule has 0 aliphatic carbocycles. The molecule has 0 unspecified atom stereocenters. The lowest BCUT2D eigenvalue weighted by Crippen LogP contribution is -2.39. The summed E-state index contributed by atoms with van der Waals surface area (Å²) in [5, 5.41) is 2.89. The molecule has 0 atom stereocenters. The van der Waals surface area contributed by atoms with Crippen molar-refractivity contribution in [2.45, 2.75) is 18.2 Å². The summed E-state index contributed by atoms with van der Waals surface area (Å²) in [6.45, 7) is 2.28. The highest BCUT2D eigenvalue weighted by Gasteiger charge is 2.21. The number of benzene rings is 1. The molecule has 0 bridgehead atoms. The van der Waals surface area contributed by atoms with Crippen LogP contribution in [0.3, 0.4) is 0 Å². The van der Waals surface area contributed by atoms with Gasteiger partial charge in [-0.1, -0.05) is 6.92 Å². The first-order valence-electron chi connectivity index (χ1n) is 6.11. The number of hydrogen-bond acceptors (Lipinski definition) is 4. The lowest BCUT2D eigenvalue weighted by atomic mass is 10.2. The molecular formula is C12H16N4O3S. The van der Waals surface area contributed by atoms with Gasteiger partial charge in [0, 0.05) is 29.3 Å². The summed E-state index contributed by atoms with van der Waals surface area (Å²) in [5.41, 5.74) is 6.73. The fourth-order valence-corrected chi connectivity index (χ4v) is 2.89. The van der Waals surface area contributed by atoms with Crippen molar-refractivity contribution in [2.75, 3.05) is 12.3 Å². The summed E-state index contributed by atoms with van der Waals surface area (Å²) >= 11 is 0. The summed E-state index contributed by atoms with van der Waals surface area (Å²) in [6, 6.07) is 4.15. The second kappa shape index (κ2) is 5.41. The Balaban J connectivity index is 2.32. The minimum atomic E-state index is -3.94.